The molecule has 0 aliphatic heterocycles. The van der Waals surface area contributed by atoms with Crippen molar-refractivity contribution in [1.82, 2.24) is 10.2 Å². The minimum atomic E-state index is -4.61. The van der Waals surface area contributed by atoms with E-state index >= 15 is 0 Å². The Morgan fingerprint density at radius 1 is 1.47 bits per heavy atom. The first-order valence-corrected chi connectivity index (χ1v) is 6.01. The van der Waals surface area contributed by atoms with Crippen LogP contribution >= 0.6 is 22.9 Å². The van der Waals surface area contributed by atoms with E-state index in [1.54, 1.807) is 13.8 Å². The van der Waals surface area contributed by atoms with Gasteiger partial charge in [-0.05, 0) is 0 Å². The van der Waals surface area contributed by atoms with Crippen molar-refractivity contribution in [3.63, 3.8) is 0 Å². The van der Waals surface area contributed by atoms with Crippen LogP contribution in [0.3, 0.4) is 0 Å². The third-order valence-corrected chi connectivity index (χ3v) is 2.96. The highest BCUT2D eigenvalue weighted by Gasteiger charge is 2.35. The lowest BCUT2D eigenvalue weighted by Gasteiger charge is -2.01. The average molecular weight is 317 g/mol. The maximum Gasteiger partial charge on any atom is 0.445 e. The molecule has 0 saturated carbocycles. The number of anilines is 1. The number of rotatable bonds is 3. The second-order valence-corrected chi connectivity index (χ2v) is 4.85. The van der Waals surface area contributed by atoms with Crippen LogP contribution in [0.1, 0.15) is 18.9 Å². The molecule has 106 valence electrons. The Labute approximate surface area is 114 Å². The van der Waals surface area contributed by atoms with E-state index in [0.717, 1.165) is 0 Å². The van der Waals surface area contributed by atoms with Gasteiger partial charge in [0.25, 0.3) is 0 Å². The SMILES string of the molecule is CC(C)/C(Cl)=N\OC(=O)Nc1nnc(C(F)(F)F)s1. The third-order valence-electron chi connectivity index (χ3n) is 1.57. The Hall–Kier alpha value is -1.42. The zero-order valence-electron chi connectivity index (χ0n) is 9.66. The largest absolute Gasteiger partial charge is 0.445 e. The number of alkyl halides is 3. The fourth-order valence-corrected chi connectivity index (χ4v) is 1.32. The topological polar surface area (TPSA) is 76.5 Å². The quantitative estimate of drug-likeness (QED) is 0.527. The summed E-state index contributed by atoms with van der Waals surface area (Å²) in [6, 6.07) is 0. The lowest BCUT2D eigenvalue weighted by molar-refractivity contribution is -0.138. The van der Waals surface area contributed by atoms with Crippen molar-refractivity contribution < 1.29 is 22.8 Å². The molecule has 1 aromatic heterocycles. The van der Waals surface area contributed by atoms with E-state index in [4.69, 9.17) is 11.6 Å². The van der Waals surface area contributed by atoms with Crippen molar-refractivity contribution in [1.29, 1.82) is 0 Å². The van der Waals surface area contributed by atoms with Gasteiger partial charge in [-0.2, -0.15) is 13.2 Å². The molecular weight excluding hydrogens is 309 g/mol. The smallest absolute Gasteiger partial charge is 0.297 e. The molecular formula is C8H8ClF3N4O2S. The molecule has 6 nitrogen and oxygen atoms in total. The van der Waals surface area contributed by atoms with Crippen molar-refractivity contribution in [2.45, 2.75) is 20.0 Å². The van der Waals surface area contributed by atoms with Gasteiger partial charge in [0, 0.05) is 5.92 Å². The Kier molecular flexibility index (Phi) is 5.06. The fraction of sp³-hybridized carbons (Fsp3) is 0.500. The molecule has 0 aromatic carbocycles. The summed E-state index contributed by atoms with van der Waals surface area (Å²) >= 11 is 5.77. The second-order valence-electron chi connectivity index (χ2n) is 3.48. The van der Waals surface area contributed by atoms with Crippen LogP contribution in [0, 0.1) is 5.92 Å². The summed E-state index contributed by atoms with van der Waals surface area (Å²) in [6.45, 7) is 3.43. The summed E-state index contributed by atoms with van der Waals surface area (Å²) in [5, 5.41) is 9.76. The van der Waals surface area contributed by atoms with Crippen molar-refractivity contribution in [2.24, 2.45) is 11.1 Å². The predicted octanol–water partition coefficient (Wildman–Crippen LogP) is 3.31. The van der Waals surface area contributed by atoms with Crippen molar-refractivity contribution in [3.8, 4) is 0 Å². The Bertz CT molecular complexity index is 489. The first kappa shape index (κ1) is 15.6. The molecule has 0 bridgehead atoms. The predicted molar refractivity (Wildman–Crippen MR) is 63.1 cm³/mol. The average Bonchev–Trinajstić information content (AvgIpc) is 2.73. The fourth-order valence-electron chi connectivity index (χ4n) is 0.689. The van der Waals surface area contributed by atoms with E-state index in [1.807, 2.05) is 5.32 Å². The summed E-state index contributed by atoms with van der Waals surface area (Å²) in [4.78, 5) is 15.5. The van der Waals surface area contributed by atoms with Crippen molar-refractivity contribution in [2.75, 3.05) is 5.32 Å². The highest BCUT2D eigenvalue weighted by Crippen LogP contribution is 2.32. The molecule has 11 heteroatoms. The lowest BCUT2D eigenvalue weighted by Crippen LogP contribution is -2.12. The first-order valence-electron chi connectivity index (χ1n) is 4.82. The molecule has 0 fully saturated rings. The van der Waals surface area contributed by atoms with Crippen LogP contribution in [0.5, 0.6) is 0 Å². The van der Waals surface area contributed by atoms with Crippen LogP contribution in [0.25, 0.3) is 0 Å². The van der Waals surface area contributed by atoms with E-state index in [9.17, 15) is 18.0 Å². The molecule has 1 N–H and O–H groups in total. The molecule has 1 heterocycles. The highest BCUT2D eigenvalue weighted by atomic mass is 35.5. The first-order chi connectivity index (χ1) is 8.70. The van der Waals surface area contributed by atoms with Gasteiger partial charge in [0.2, 0.25) is 10.1 Å². The van der Waals surface area contributed by atoms with Gasteiger partial charge in [-0.1, -0.05) is 41.9 Å². The monoisotopic (exact) mass is 316 g/mol. The van der Waals surface area contributed by atoms with Gasteiger partial charge in [-0.3, -0.25) is 10.2 Å². The molecule has 0 saturated heterocycles. The van der Waals surface area contributed by atoms with Gasteiger partial charge in [0.05, 0.1) is 0 Å². The molecule has 0 atom stereocenters. The van der Waals surface area contributed by atoms with Gasteiger partial charge in [0.1, 0.15) is 5.17 Å². The van der Waals surface area contributed by atoms with E-state index in [1.165, 1.54) is 0 Å². The third kappa shape index (κ3) is 4.99. The zero-order valence-corrected chi connectivity index (χ0v) is 11.2. The zero-order chi connectivity index (χ0) is 14.6. The van der Waals surface area contributed by atoms with Crippen LogP contribution in [-0.4, -0.2) is 21.5 Å². The molecule has 1 rings (SSSR count). The summed E-state index contributed by atoms with van der Waals surface area (Å²) in [6.07, 6.45) is -5.72. The minimum Gasteiger partial charge on any atom is -0.297 e. The van der Waals surface area contributed by atoms with E-state index in [2.05, 4.69) is 20.2 Å². The van der Waals surface area contributed by atoms with E-state index in [-0.39, 0.29) is 27.6 Å². The molecule has 1 aromatic rings. The molecule has 0 radical (unpaired) electrons. The number of nitrogens with one attached hydrogen (secondary N) is 1. The molecule has 0 spiro atoms. The van der Waals surface area contributed by atoms with Crippen molar-refractivity contribution in [3.05, 3.63) is 5.01 Å². The lowest BCUT2D eigenvalue weighted by atomic mass is 10.2. The number of hydrogen-bond donors (Lipinski definition) is 1. The summed E-state index contributed by atoms with van der Waals surface area (Å²) in [7, 11) is 0. The number of amides is 1. The van der Waals surface area contributed by atoms with Gasteiger partial charge in [0.15, 0.2) is 0 Å². The standard InChI is InChI=1S/C8H8ClF3N4O2S/c1-3(2)4(9)16-18-7(17)13-6-15-14-5(19-6)8(10,11)12/h3H,1-2H3,(H,13,15,17)/b16-4+. The van der Waals surface area contributed by atoms with Crippen molar-refractivity contribution >= 4 is 39.3 Å². The van der Waals surface area contributed by atoms with Gasteiger partial charge >= 0.3 is 12.3 Å². The van der Waals surface area contributed by atoms with Gasteiger partial charge in [-0.25, -0.2) is 4.79 Å². The molecule has 19 heavy (non-hydrogen) atoms. The number of carbonyl (C=O) groups is 1. The van der Waals surface area contributed by atoms with E-state index in [0.29, 0.717) is 0 Å². The molecule has 0 aliphatic carbocycles. The number of oxime groups is 1. The molecule has 0 aliphatic rings. The number of hydrogen-bond acceptors (Lipinski definition) is 6. The number of carbonyl (C=O) groups excluding carboxylic acids is 1. The minimum absolute atomic E-state index is 0.0448. The van der Waals surface area contributed by atoms with Gasteiger partial charge in [-0.15, -0.1) is 10.2 Å². The summed E-state index contributed by atoms with van der Waals surface area (Å²) < 4.78 is 36.6. The highest BCUT2D eigenvalue weighted by molar-refractivity contribution is 7.15. The van der Waals surface area contributed by atoms with Crippen LogP contribution < -0.4 is 5.32 Å². The Balaban J connectivity index is 2.59. The molecule has 0 unspecified atom stereocenters. The normalized spacial score (nSPS) is 12.7. The number of halogens is 4. The van der Waals surface area contributed by atoms with Crippen LogP contribution in [-0.2, 0) is 11.0 Å². The second kappa shape index (κ2) is 6.15. The maximum absolute atomic E-state index is 12.2. The van der Waals surface area contributed by atoms with Crippen LogP contribution in [0.4, 0.5) is 23.1 Å². The maximum atomic E-state index is 12.2. The Morgan fingerprint density at radius 3 is 2.58 bits per heavy atom. The summed E-state index contributed by atoms with van der Waals surface area (Å²) in [5.41, 5.74) is 0. The van der Waals surface area contributed by atoms with Crippen LogP contribution in [0.2, 0.25) is 0 Å². The number of aromatic nitrogens is 2. The molecule has 1 amide bonds. The number of nitrogens with zero attached hydrogens (tertiary/aromatic N) is 3. The summed E-state index contributed by atoms with van der Waals surface area (Å²) in [5.74, 6) is -0.146. The van der Waals surface area contributed by atoms with Gasteiger partial charge < -0.3 is 0 Å². The Morgan fingerprint density at radius 2 is 2.11 bits per heavy atom. The van der Waals surface area contributed by atoms with Crippen LogP contribution in [0.15, 0.2) is 5.16 Å². The van der Waals surface area contributed by atoms with E-state index < -0.39 is 17.3 Å².